The number of hydrogen-bond donors (Lipinski definition) is 1. The van der Waals surface area contributed by atoms with Gasteiger partial charge in [0.2, 0.25) is 0 Å². The maximum atomic E-state index is 13.3. The molecule has 0 unspecified atom stereocenters. The summed E-state index contributed by atoms with van der Waals surface area (Å²) in [6.07, 6.45) is 0.960. The first kappa shape index (κ1) is 28.4. The van der Waals surface area contributed by atoms with E-state index in [1.807, 2.05) is 6.92 Å². The zero-order valence-electron chi connectivity index (χ0n) is 23.2. The van der Waals surface area contributed by atoms with Crippen molar-refractivity contribution in [1.29, 1.82) is 0 Å². The van der Waals surface area contributed by atoms with E-state index in [0.29, 0.717) is 59.6 Å². The van der Waals surface area contributed by atoms with Gasteiger partial charge in [-0.25, -0.2) is 9.78 Å². The Morgan fingerprint density at radius 1 is 0.976 bits per heavy atom. The summed E-state index contributed by atoms with van der Waals surface area (Å²) in [6, 6.07) is 11.9. The van der Waals surface area contributed by atoms with Gasteiger partial charge < -0.3 is 28.7 Å². The molecule has 1 atom stereocenters. The number of amides is 3. The first-order chi connectivity index (χ1) is 19.8. The molecule has 0 spiro atoms. The first-order valence-electron chi connectivity index (χ1n) is 13.3. The molecule has 216 valence electrons. The summed E-state index contributed by atoms with van der Waals surface area (Å²) < 4.78 is 22.1. The normalized spacial score (nSPS) is 14.9. The summed E-state index contributed by atoms with van der Waals surface area (Å²) in [5.74, 6) is 0.971. The van der Waals surface area contributed by atoms with E-state index in [1.54, 1.807) is 59.4 Å². The molecule has 0 bridgehead atoms. The van der Waals surface area contributed by atoms with E-state index in [4.69, 9.17) is 18.9 Å². The van der Waals surface area contributed by atoms with Gasteiger partial charge in [-0.15, -0.1) is 0 Å². The summed E-state index contributed by atoms with van der Waals surface area (Å²) in [7, 11) is 2.94. The third-order valence-electron chi connectivity index (χ3n) is 6.75. The van der Waals surface area contributed by atoms with Gasteiger partial charge in [0.1, 0.15) is 23.4 Å². The highest BCUT2D eigenvalue weighted by atomic mass is 32.1. The molecule has 1 fully saturated rings. The molecule has 1 aromatic heterocycles. The van der Waals surface area contributed by atoms with Crippen LogP contribution in [0.4, 0.5) is 9.93 Å². The number of hydrogen-bond acceptors (Lipinski definition) is 9. The number of rotatable bonds is 9. The molecule has 0 radical (unpaired) electrons. The van der Waals surface area contributed by atoms with Crippen LogP contribution in [0.2, 0.25) is 0 Å². The Kier molecular flexibility index (Phi) is 8.70. The second-order valence-corrected chi connectivity index (χ2v) is 10.9. The third-order valence-corrected chi connectivity index (χ3v) is 7.74. The zero-order chi connectivity index (χ0) is 28.9. The number of thiazole rings is 1. The van der Waals surface area contributed by atoms with Crippen molar-refractivity contribution >= 4 is 34.4 Å². The number of anilines is 1. The second kappa shape index (κ2) is 12.6. The molecule has 1 N–H and O–H groups in total. The summed E-state index contributed by atoms with van der Waals surface area (Å²) in [5, 5.41) is 3.31. The molecule has 3 amide bonds. The fourth-order valence-corrected chi connectivity index (χ4v) is 5.56. The summed E-state index contributed by atoms with van der Waals surface area (Å²) in [5.41, 5.74) is 1.77. The van der Waals surface area contributed by atoms with Gasteiger partial charge in [0, 0.05) is 55.2 Å². The number of carbonyl (C=O) groups is 3. The van der Waals surface area contributed by atoms with Crippen molar-refractivity contribution in [3.8, 4) is 17.2 Å². The highest BCUT2D eigenvalue weighted by Gasteiger charge is 2.25. The average Bonchev–Trinajstić information content (AvgIpc) is 3.33. The third kappa shape index (κ3) is 6.77. The van der Waals surface area contributed by atoms with Gasteiger partial charge in [0.25, 0.3) is 11.8 Å². The number of benzene rings is 2. The number of aromatic nitrogens is 1. The number of nitrogens with one attached hydrogen (secondary N) is 1. The summed E-state index contributed by atoms with van der Waals surface area (Å²) >= 11 is 1.33. The van der Waals surface area contributed by atoms with Crippen molar-refractivity contribution < 1.29 is 33.3 Å². The van der Waals surface area contributed by atoms with E-state index in [9.17, 15) is 14.4 Å². The Morgan fingerprint density at radius 3 is 2.41 bits per heavy atom. The quantitative estimate of drug-likeness (QED) is 0.391. The van der Waals surface area contributed by atoms with Crippen LogP contribution in [0.3, 0.4) is 0 Å². The van der Waals surface area contributed by atoms with E-state index in [0.717, 1.165) is 30.1 Å². The number of fused-ring (bicyclic) bond motifs is 1. The molecule has 1 saturated heterocycles. The standard InChI is InChI=1S/C29H32N4O7S/c1-18(17-37-2)39-22-13-20(26(34)31-28-30-24-9-12-33(29(36)38-3)16-25(24)41-28)14-23(15-22)40-21-7-5-19(6-8-21)27(35)32-10-4-11-32/h5-8,13-15,18H,4,9-12,16-17H2,1-3H3,(H,30,31,34)/t18-/m0/s1. The van der Waals surface area contributed by atoms with Gasteiger partial charge in [0.15, 0.2) is 5.13 Å². The minimum absolute atomic E-state index is 0.00570. The monoisotopic (exact) mass is 580 g/mol. The van der Waals surface area contributed by atoms with Crippen molar-refractivity contribution in [1.82, 2.24) is 14.8 Å². The molecule has 5 rings (SSSR count). The lowest BCUT2D eigenvalue weighted by Crippen LogP contribution is -2.41. The molecular formula is C29H32N4O7S. The SMILES string of the molecule is COC[C@H](C)Oc1cc(Oc2ccc(C(=O)N3CCC3)cc2)cc(C(=O)Nc2nc3c(s2)CN(C(=O)OC)CC3)c1. The lowest BCUT2D eigenvalue weighted by molar-refractivity contribution is 0.0651. The Labute approximate surface area is 242 Å². The van der Waals surface area contributed by atoms with Gasteiger partial charge in [0.05, 0.1) is 26.0 Å². The molecule has 0 aliphatic carbocycles. The number of likely N-dealkylation sites (tertiary alicyclic amines) is 1. The minimum atomic E-state index is -0.390. The predicted molar refractivity (Wildman–Crippen MR) is 152 cm³/mol. The van der Waals surface area contributed by atoms with Gasteiger partial charge in [-0.2, -0.15) is 0 Å². The van der Waals surface area contributed by atoms with Crippen LogP contribution in [-0.2, 0) is 22.4 Å². The highest BCUT2D eigenvalue weighted by Crippen LogP contribution is 2.31. The summed E-state index contributed by atoms with van der Waals surface area (Å²) in [6.45, 7) is 4.69. The molecule has 0 saturated carbocycles. The molecule has 2 aliphatic rings. The first-order valence-corrected chi connectivity index (χ1v) is 14.1. The molecule has 11 nitrogen and oxygen atoms in total. The molecule has 12 heteroatoms. The van der Waals surface area contributed by atoms with Crippen molar-refractivity contribution in [3.63, 3.8) is 0 Å². The molecule has 2 aromatic carbocycles. The van der Waals surface area contributed by atoms with E-state index in [-0.39, 0.29) is 24.0 Å². The van der Waals surface area contributed by atoms with Gasteiger partial charge >= 0.3 is 6.09 Å². The van der Waals surface area contributed by atoms with Crippen LogP contribution in [0, 0.1) is 0 Å². The van der Waals surface area contributed by atoms with Crippen molar-refractivity contribution in [2.45, 2.75) is 32.4 Å². The van der Waals surface area contributed by atoms with Crippen LogP contribution in [0.5, 0.6) is 17.2 Å². The molecule has 2 aliphatic heterocycles. The zero-order valence-corrected chi connectivity index (χ0v) is 24.0. The molecule has 3 aromatic rings. The van der Waals surface area contributed by atoms with Crippen LogP contribution in [0.25, 0.3) is 0 Å². The van der Waals surface area contributed by atoms with Gasteiger partial charge in [-0.1, -0.05) is 11.3 Å². The van der Waals surface area contributed by atoms with Crippen molar-refractivity contribution in [2.24, 2.45) is 0 Å². The fraction of sp³-hybridized carbons (Fsp3) is 0.379. The molecule has 41 heavy (non-hydrogen) atoms. The van der Waals surface area contributed by atoms with Crippen LogP contribution in [0.1, 0.15) is 44.6 Å². The van der Waals surface area contributed by atoms with Crippen LogP contribution in [0.15, 0.2) is 42.5 Å². The largest absolute Gasteiger partial charge is 0.488 e. The minimum Gasteiger partial charge on any atom is -0.488 e. The maximum absolute atomic E-state index is 13.3. The highest BCUT2D eigenvalue weighted by molar-refractivity contribution is 7.15. The van der Waals surface area contributed by atoms with Gasteiger partial charge in [-0.05, 0) is 49.7 Å². The average molecular weight is 581 g/mol. The lowest BCUT2D eigenvalue weighted by Gasteiger charge is -2.30. The smallest absolute Gasteiger partial charge is 0.409 e. The fourth-order valence-electron chi connectivity index (χ4n) is 4.54. The Bertz CT molecular complexity index is 1420. The van der Waals surface area contributed by atoms with Crippen LogP contribution in [-0.4, -0.2) is 79.3 Å². The van der Waals surface area contributed by atoms with E-state index >= 15 is 0 Å². The van der Waals surface area contributed by atoms with Crippen molar-refractivity contribution in [3.05, 3.63) is 64.2 Å². The maximum Gasteiger partial charge on any atom is 0.409 e. The Morgan fingerprint density at radius 2 is 1.73 bits per heavy atom. The topological polar surface area (TPSA) is 120 Å². The summed E-state index contributed by atoms with van der Waals surface area (Å²) in [4.78, 5) is 46.6. The van der Waals surface area contributed by atoms with E-state index in [1.165, 1.54) is 18.4 Å². The van der Waals surface area contributed by atoms with Crippen molar-refractivity contribution in [2.75, 3.05) is 45.8 Å². The number of carbonyl (C=O) groups excluding carboxylic acids is 3. The second-order valence-electron chi connectivity index (χ2n) is 9.83. The predicted octanol–water partition coefficient (Wildman–Crippen LogP) is 4.57. The number of ether oxygens (including phenoxy) is 4. The van der Waals surface area contributed by atoms with E-state index in [2.05, 4.69) is 10.3 Å². The van der Waals surface area contributed by atoms with Crippen LogP contribution >= 0.6 is 11.3 Å². The van der Waals surface area contributed by atoms with Crippen LogP contribution < -0.4 is 14.8 Å². The van der Waals surface area contributed by atoms with E-state index < -0.39 is 0 Å². The number of nitrogens with zero attached hydrogens (tertiary/aromatic N) is 3. The molecular weight excluding hydrogens is 548 g/mol. The Hall–Kier alpha value is -4.16. The Balaban J connectivity index is 1.33. The lowest BCUT2D eigenvalue weighted by atomic mass is 10.1. The molecule has 3 heterocycles. The number of methoxy groups -OCH3 is 2. The van der Waals surface area contributed by atoms with Gasteiger partial charge in [-0.3, -0.25) is 14.9 Å².